The molecule has 2 aliphatic rings. The average Bonchev–Trinajstić information content (AvgIpc) is 2.20. The molecular weight excluding hydrogens is 216 g/mol. The molecule has 2 N–H and O–H groups in total. The number of carbonyl (C=O) groups excluding carboxylic acids is 1. The molecule has 0 unspecified atom stereocenters. The molecule has 86 valence electrons. The van der Waals surface area contributed by atoms with Crippen LogP contribution in [0.2, 0.25) is 0 Å². The number of hydrogen-bond donors (Lipinski definition) is 2. The van der Waals surface area contributed by atoms with E-state index in [4.69, 9.17) is 0 Å². The Morgan fingerprint density at radius 3 is 2.07 bits per heavy atom. The summed E-state index contributed by atoms with van der Waals surface area (Å²) in [6.45, 7) is 1.35. The Hall–Kier alpha value is -0.780. The fourth-order valence-electron chi connectivity index (χ4n) is 2.30. The third-order valence-electron chi connectivity index (χ3n) is 3.32. The number of sulfone groups is 1. The minimum Gasteiger partial charge on any atom is -0.338 e. The molecule has 2 rings (SSSR count). The van der Waals surface area contributed by atoms with Gasteiger partial charge in [-0.1, -0.05) is 0 Å². The summed E-state index contributed by atoms with van der Waals surface area (Å²) >= 11 is 0. The Morgan fingerprint density at radius 2 is 1.53 bits per heavy atom. The molecule has 15 heavy (non-hydrogen) atoms. The third-order valence-corrected chi connectivity index (χ3v) is 5.03. The van der Waals surface area contributed by atoms with Gasteiger partial charge < -0.3 is 10.6 Å². The van der Waals surface area contributed by atoms with E-state index in [-0.39, 0.29) is 6.03 Å². The minimum atomic E-state index is -2.77. The Kier molecular flexibility index (Phi) is 2.86. The number of amides is 2. The standard InChI is InChI=1S/C9H16N2O3S/c12-9-10-5-8(6-11-9)7-1-3-15(13,14)4-2-7/h7-8H,1-6H2,(H2,10,11,12). The summed E-state index contributed by atoms with van der Waals surface area (Å²) in [5.41, 5.74) is 0. The van der Waals surface area contributed by atoms with Crippen LogP contribution in [-0.4, -0.2) is 39.0 Å². The molecule has 0 atom stereocenters. The summed E-state index contributed by atoms with van der Waals surface area (Å²) in [5.74, 6) is 1.43. The fraction of sp³-hybridized carbons (Fsp3) is 0.889. The van der Waals surface area contributed by atoms with Crippen LogP contribution in [0.5, 0.6) is 0 Å². The van der Waals surface area contributed by atoms with E-state index in [9.17, 15) is 13.2 Å². The van der Waals surface area contributed by atoms with Crippen LogP contribution in [0.25, 0.3) is 0 Å². The summed E-state index contributed by atoms with van der Waals surface area (Å²) in [7, 11) is -2.77. The van der Waals surface area contributed by atoms with Crippen LogP contribution in [0.3, 0.4) is 0 Å². The van der Waals surface area contributed by atoms with E-state index in [1.54, 1.807) is 0 Å². The predicted molar refractivity (Wildman–Crippen MR) is 56.3 cm³/mol. The topological polar surface area (TPSA) is 75.3 Å². The zero-order chi connectivity index (χ0) is 10.9. The summed E-state index contributed by atoms with van der Waals surface area (Å²) < 4.78 is 22.5. The van der Waals surface area contributed by atoms with Crippen molar-refractivity contribution in [1.29, 1.82) is 0 Å². The molecule has 0 aromatic rings. The molecule has 6 heteroatoms. The monoisotopic (exact) mass is 232 g/mol. The van der Waals surface area contributed by atoms with Crippen molar-refractivity contribution in [1.82, 2.24) is 10.6 Å². The van der Waals surface area contributed by atoms with Gasteiger partial charge in [-0.2, -0.15) is 0 Å². The largest absolute Gasteiger partial charge is 0.338 e. The van der Waals surface area contributed by atoms with Gasteiger partial charge in [-0.05, 0) is 24.7 Å². The lowest BCUT2D eigenvalue weighted by Crippen LogP contribution is -2.51. The first-order valence-corrected chi connectivity index (χ1v) is 7.11. The second-order valence-electron chi connectivity index (χ2n) is 4.34. The number of hydrogen-bond acceptors (Lipinski definition) is 3. The van der Waals surface area contributed by atoms with Gasteiger partial charge in [0.1, 0.15) is 9.84 Å². The average molecular weight is 232 g/mol. The summed E-state index contributed by atoms with van der Waals surface area (Å²) in [6, 6.07) is -0.116. The number of urea groups is 1. The van der Waals surface area contributed by atoms with Crippen molar-refractivity contribution >= 4 is 15.9 Å². The Morgan fingerprint density at radius 1 is 1.00 bits per heavy atom. The Labute approximate surface area is 89.5 Å². The fourth-order valence-corrected chi connectivity index (χ4v) is 3.82. The molecule has 2 heterocycles. The van der Waals surface area contributed by atoms with Crippen LogP contribution in [-0.2, 0) is 9.84 Å². The molecule has 0 aromatic carbocycles. The second-order valence-corrected chi connectivity index (χ2v) is 6.64. The Bertz CT molecular complexity index is 328. The first-order valence-electron chi connectivity index (χ1n) is 5.29. The van der Waals surface area contributed by atoms with Crippen molar-refractivity contribution in [2.45, 2.75) is 12.8 Å². The van der Waals surface area contributed by atoms with Crippen LogP contribution in [0, 0.1) is 11.8 Å². The normalized spacial score (nSPS) is 28.1. The second kappa shape index (κ2) is 4.00. The molecular formula is C9H16N2O3S. The molecule has 0 aliphatic carbocycles. The lowest BCUT2D eigenvalue weighted by atomic mass is 9.86. The molecule has 0 saturated carbocycles. The van der Waals surface area contributed by atoms with Gasteiger partial charge in [0.15, 0.2) is 0 Å². The van der Waals surface area contributed by atoms with Crippen molar-refractivity contribution in [3.63, 3.8) is 0 Å². The third kappa shape index (κ3) is 2.62. The van der Waals surface area contributed by atoms with Gasteiger partial charge in [0.25, 0.3) is 0 Å². The quantitative estimate of drug-likeness (QED) is 0.654. The van der Waals surface area contributed by atoms with Gasteiger partial charge in [-0.25, -0.2) is 13.2 Å². The lowest BCUT2D eigenvalue weighted by molar-refractivity contribution is 0.212. The van der Waals surface area contributed by atoms with Gasteiger partial charge >= 0.3 is 6.03 Å². The van der Waals surface area contributed by atoms with Crippen LogP contribution in [0.4, 0.5) is 4.79 Å². The highest BCUT2D eigenvalue weighted by atomic mass is 32.2. The maximum absolute atomic E-state index is 11.2. The van der Waals surface area contributed by atoms with Gasteiger partial charge in [-0.3, -0.25) is 0 Å². The molecule has 2 fully saturated rings. The summed E-state index contributed by atoms with van der Waals surface area (Å²) in [4.78, 5) is 10.9. The van der Waals surface area contributed by atoms with E-state index in [0.29, 0.717) is 36.4 Å². The van der Waals surface area contributed by atoms with Crippen LogP contribution < -0.4 is 10.6 Å². The van der Waals surface area contributed by atoms with Gasteiger partial charge in [-0.15, -0.1) is 0 Å². The molecule has 5 nitrogen and oxygen atoms in total. The first kappa shape index (κ1) is 10.7. The maximum atomic E-state index is 11.2. The van der Waals surface area contributed by atoms with Gasteiger partial charge in [0, 0.05) is 13.1 Å². The number of nitrogens with one attached hydrogen (secondary N) is 2. The van der Waals surface area contributed by atoms with Crippen molar-refractivity contribution in [3.05, 3.63) is 0 Å². The van der Waals surface area contributed by atoms with Crippen LogP contribution in [0.15, 0.2) is 0 Å². The molecule has 0 aromatic heterocycles. The molecule has 0 bridgehead atoms. The van der Waals surface area contributed by atoms with E-state index in [2.05, 4.69) is 10.6 Å². The van der Waals surface area contributed by atoms with Crippen molar-refractivity contribution < 1.29 is 13.2 Å². The molecule has 0 radical (unpaired) electrons. The first-order chi connectivity index (χ1) is 7.07. The highest BCUT2D eigenvalue weighted by molar-refractivity contribution is 7.91. The predicted octanol–water partition coefficient (Wildman–Crippen LogP) is -0.260. The van der Waals surface area contributed by atoms with E-state index in [1.807, 2.05) is 0 Å². The summed E-state index contributed by atoms with van der Waals surface area (Å²) in [6.07, 6.45) is 1.48. The molecule has 0 spiro atoms. The van der Waals surface area contributed by atoms with Crippen LogP contribution in [0.1, 0.15) is 12.8 Å². The summed E-state index contributed by atoms with van der Waals surface area (Å²) in [5, 5.41) is 5.50. The highest BCUT2D eigenvalue weighted by Crippen LogP contribution is 2.26. The Balaban J connectivity index is 1.88. The minimum absolute atomic E-state index is 0.116. The SMILES string of the molecule is O=C1NCC(C2CCS(=O)(=O)CC2)CN1. The number of carbonyl (C=O) groups is 1. The van der Waals surface area contributed by atoms with Crippen molar-refractivity contribution in [2.24, 2.45) is 11.8 Å². The molecule has 2 saturated heterocycles. The number of rotatable bonds is 1. The zero-order valence-electron chi connectivity index (χ0n) is 8.53. The zero-order valence-corrected chi connectivity index (χ0v) is 9.35. The highest BCUT2D eigenvalue weighted by Gasteiger charge is 2.31. The van der Waals surface area contributed by atoms with Crippen molar-refractivity contribution in [3.8, 4) is 0 Å². The molecule has 2 amide bonds. The van der Waals surface area contributed by atoms with Crippen molar-refractivity contribution in [2.75, 3.05) is 24.6 Å². The lowest BCUT2D eigenvalue weighted by Gasteiger charge is -2.33. The smallest absolute Gasteiger partial charge is 0.314 e. The maximum Gasteiger partial charge on any atom is 0.314 e. The van der Waals surface area contributed by atoms with E-state index in [0.717, 1.165) is 12.8 Å². The molecule has 2 aliphatic heterocycles. The van der Waals surface area contributed by atoms with Gasteiger partial charge in [0.2, 0.25) is 0 Å². The van der Waals surface area contributed by atoms with E-state index < -0.39 is 9.84 Å². The van der Waals surface area contributed by atoms with Crippen LogP contribution >= 0.6 is 0 Å². The van der Waals surface area contributed by atoms with Gasteiger partial charge in [0.05, 0.1) is 11.5 Å². The van der Waals surface area contributed by atoms with E-state index in [1.165, 1.54) is 0 Å². The van der Waals surface area contributed by atoms with E-state index >= 15 is 0 Å².